The molecular formula is C12H20N2O2. The Morgan fingerprint density at radius 2 is 2.38 bits per heavy atom. The molecule has 2 atom stereocenters. The Morgan fingerprint density at radius 1 is 1.56 bits per heavy atom. The highest BCUT2D eigenvalue weighted by Crippen LogP contribution is 2.42. The lowest BCUT2D eigenvalue weighted by Crippen LogP contribution is -2.36. The molecule has 1 amide bonds. The smallest absolute Gasteiger partial charge is 0.244 e. The molecule has 3 rings (SSSR count). The van der Waals surface area contributed by atoms with Crippen LogP contribution in [-0.4, -0.2) is 42.3 Å². The van der Waals surface area contributed by atoms with E-state index >= 15 is 0 Å². The summed E-state index contributed by atoms with van der Waals surface area (Å²) in [5.41, 5.74) is -0.147. The Hall–Kier alpha value is -0.610. The van der Waals surface area contributed by atoms with Gasteiger partial charge in [0.1, 0.15) is 0 Å². The highest BCUT2D eigenvalue weighted by atomic mass is 16.5. The van der Waals surface area contributed by atoms with Crippen LogP contribution in [0.4, 0.5) is 0 Å². The van der Waals surface area contributed by atoms with Crippen molar-refractivity contribution in [2.24, 2.45) is 5.92 Å². The Labute approximate surface area is 96.3 Å². The molecule has 0 aromatic heterocycles. The zero-order valence-corrected chi connectivity index (χ0v) is 9.87. The summed E-state index contributed by atoms with van der Waals surface area (Å²) >= 11 is 0. The fourth-order valence-corrected chi connectivity index (χ4v) is 2.90. The summed E-state index contributed by atoms with van der Waals surface area (Å²) in [7, 11) is 0. The van der Waals surface area contributed by atoms with E-state index in [4.69, 9.17) is 4.74 Å². The monoisotopic (exact) mass is 224 g/mol. The molecule has 1 saturated carbocycles. The summed E-state index contributed by atoms with van der Waals surface area (Å²) in [4.78, 5) is 14.2. The molecule has 16 heavy (non-hydrogen) atoms. The van der Waals surface area contributed by atoms with Crippen molar-refractivity contribution in [3.8, 4) is 0 Å². The molecule has 4 nitrogen and oxygen atoms in total. The molecule has 0 aromatic carbocycles. The van der Waals surface area contributed by atoms with E-state index in [9.17, 15) is 4.79 Å². The van der Waals surface area contributed by atoms with E-state index in [-0.39, 0.29) is 11.7 Å². The zero-order valence-electron chi connectivity index (χ0n) is 9.87. The van der Waals surface area contributed by atoms with Gasteiger partial charge in [0.15, 0.2) is 0 Å². The summed E-state index contributed by atoms with van der Waals surface area (Å²) in [6.45, 7) is 4.77. The number of hydrogen-bond acceptors (Lipinski definition) is 3. The highest BCUT2D eigenvalue weighted by molar-refractivity contribution is 5.91. The van der Waals surface area contributed by atoms with Crippen LogP contribution in [0.25, 0.3) is 0 Å². The Morgan fingerprint density at radius 3 is 2.94 bits per heavy atom. The van der Waals surface area contributed by atoms with E-state index in [2.05, 4.69) is 12.2 Å². The first-order valence-corrected chi connectivity index (χ1v) is 6.38. The number of amides is 1. The van der Waals surface area contributed by atoms with Crippen LogP contribution >= 0.6 is 0 Å². The van der Waals surface area contributed by atoms with Gasteiger partial charge in [-0.3, -0.25) is 10.1 Å². The number of ether oxygens (including phenoxy) is 1. The first kappa shape index (κ1) is 10.5. The average molecular weight is 224 g/mol. The standard InChI is InChI=1S/C12H20N2O2/c1-9-13-12(4-5-12)11(15)14(9)6-2-10-3-7-16-8-10/h9-10,13H,2-8H2,1H3. The third-order valence-electron chi connectivity index (χ3n) is 4.18. The Kier molecular flexibility index (Phi) is 2.44. The number of rotatable bonds is 3. The second-order valence-corrected chi connectivity index (χ2v) is 5.42. The van der Waals surface area contributed by atoms with Crippen LogP contribution in [0.15, 0.2) is 0 Å². The van der Waals surface area contributed by atoms with Gasteiger partial charge >= 0.3 is 0 Å². The van der Waals surface area contributed by atoms with Crippen molar-refractivity contribution >= 4 is 5.91 Å². The minimum Gasteiger partial charge on any atom is -0.381 e. The van der Waals surface area contributed by atoms with Gasteiger partial charge in [0.05, 0.1) is 11.7 Å². The minimum atomic E-state index is -0.147. The third kappa shape index (κ3) is 1.64. The Bertz CT molecular complexity index is 295. The summed E-state index contributed by atoms with van der Waals surface area (Å²) < 4.78 is 5.36. The van der Waals surface area contributed by atoms with Gasteiger partial charge in [0.2, 0.25) is 5.91 Å². The van der Waals surface area contributed by atoms with Crippen LogP contribution in [0.2, 0.25) is 0 Å². The van der Waals surface area contributed by atoms with Crippen molar-refractivity contribution in [3.63, 3.8) is 0 Å². The molecule has 1 N–H and O–H groups in total. The van der Waals surface area contributed by atoms with Crippen molar-refractivity contribution in [2.75, 3.05) is 19.8 Å². The van der Waals surface area contributed by atoms with E-state index in [0.29, 0.717) is 11.8 Å². The molecule has 2 saturated heterocycles. The summed E-state index contributed by atoms with van der Waals surface area (Å²) in [5, 5.41) is 3.42. The summed E-state index contributed by atoms with van der Waals surface area (Å²) in [6.07, 6.45) is 4.53. The SMILES string of the molecule is CC1NC2(CC2)C(=O)N1CCC1CCOC1. The van der Waals surface area contributed by atoms with Crippen molar-refractivity contribution in [2.45, 2.75) is 44.3 Å². The molecule has 0 aromatic rings. The lowest BCUT2D eigenvalue weighted by atomic mass is 10.0. The molecule has 1 aliphatic carbocycles. The van der Waals surface area contributed by atoms with Crippen molar-refractivity contribution in [1.29, 1.82) is 0 Å². The molecule has 3 aliphatic rings. The second-order valence-electron chi connectivity index (χ2n) is 5.42. The molecule has 1 spiro atoms. The molecule has 0 radical (unpaired) electrons. The fourth-order valence-electron chi connectivity index (χ4n) is 2.90. The molecule has 2 unspecified atom stereocenters. The fraction of sp³-hybridized carbons (Fsp3) is 0.917. The largest absolute Gasteiger partial charge is 0.381 e. The molecule has 4 heteroatoms. The quantitative estimate of drug-likeness (QED) is 0.768. The number of hydrogen-bond donors (Lipinski definition) is 1. The molecular weight excluding hydrogens is 204 g/mol. The Balaban J connectivity index is 1.55. The maximum atomic E-state index is 12.1. The topological polar surface area (TPSA) is 41.6 Å². The van der Waals surface area contributed by atoms with Gasteiger partial charge in [-0.25, -0.2) is 0 Å². The third-order valence-corrected chi connectivity index (χ3v) is 4.18. The van der Waals surface area contributed by atoms with Crippen LogP contribution in [0, 0.1) is 5.92 Å². The number of nitrogens with one attached hydrogen (secondary N) is 1. The van der Waals surface area contributed by atoms with Gasteiger partial charge in [-0.2, -0.15) is 0 Å². The minimum absolute atomic E-state index is 0.147. The first-order chi connectivity index (χ1) is 7.71. The van der Waals surface area contributed by atoms with E-state index in [1.54, 1.807) is 0 Å². The molecule has 0 bridgehead atoms. The summed E-state index contributed by atoms with van der Waals surface area (Å²) in [5.74, 6) is 0.995. The van der Waals surface area contributed by atoms with Crippen LogP contribution in [0.1, 0.15) is 32.6 Å². The van der Waals surface area contributed by atoms with Crippen LogP contribution < -0.4 is 5.32 Å². The van der Waals surface area contributed by atoms with E-state index in [0.717, 1.165) is 45.4 Å². The average Bonchev–Trinajstić information content (AvgIpc) is 2.77. The molecule has 2 heterocycles. The maximum absolute atomic E-state index is 12.1. The number of carbonyl (C=O) groups excluding carboxylic acids is 1. The number of carbonyl (C=O) groups is 1. The normalized spacial score (nSPS) is 36.3. The van der Waals surface area contributed by atoms with Crippen LogP contribution in [0.5, 0.6) is 0 Å². The van der Waals surface area contributed by atoms with Crippen LogP contribution in [-0.2, 0) is 9.53 Å². The van der Waals surface area contributed by atoms with Gasteiger partial charge in [-0.05, 0) is 38.5 Å². The van der Waals surface area contributed by atoms with Crippen molar-refractivity contribution in [3.05, 3.63) is 0 Å². The van der Waals surface area contributed by atoms with Crippen molar-refractivity contribution < 1.29 is 9.53 Å². The van der Waals surface area contributed by atoms with Gasteiger partial charge in [0.25, 0.3) is 0 Å². The first-order valence-electron chi connectivity index (χ1n) is 6.38. The second kappa shape index (κ2) is 3.70. The van der Waals surface area contributed by atoms with Gasteiger partial charge < -0.3 is 9.64 Å². The predicted molar refractivity (Wildman–Crippen MR) is 59.8 cm³/mol. The zero-order chi connectivity index (χ0) is 11.2. The van der Waals surface area contributed by atoms with Crippen LogP contribution in [0.3, 0.4) is 0 Å². The predicted octanol–water partition coefficient (Wildman–Crippen LogP) is 0.723. The van der Waals surface area contributed by atoms with E-state index in [1.165, 1.54) is 0 Å². The van der Waals surface area contributed by atoms with Gasteiger partial charge in [-0.1, -0.05) is 0 Å². The highest BCUT2D eigenvalue weighted by Gasteiger charge is 2.57. The van der Waals surface area contributed by atoms with Gasteiger partial charge in [-0.15, -0.1) is 0 Å². The lowest BCUT2D eigenvalue weighted by molar-refractivity contribution is -0.130. The summed E-state index contributed by atoms with van der Waals surface area (Å²) in [6, 6.07) is 0. The molecule has 2 aliphatic heterocycles. The maximum Gasteiger partial charge on any atom is 0.244 e. The lowest BCUT2D eigenvalue weighted by Gasteiger charge is -2.22. The van der Waals surface area contributed by atoms with E-state index in [1.807, 2.05) is 4.90 Å². The van der Waals surface area contributed by atoms with E-state index < -0.39 is 0 Å². The van der Waals surface area contributed by atoms with Crippen molar-refractivity contribution in [1.82, 2.24) is 10.2 Å². The molecule has 3 fully saturated rings. The molecule has 90 valence electrons. The number of nitrogens with zero attached hydrogens (tertiary/aromatic N) is 1. The van der Waals surface area contributed by atoms with Gasteiger partial charge in [0, 0.05) is 19.8 Å².